The number of fused-ring (bicyclic) bond motifs is 1. The average Bonchev–Trinajstić information content (AvgIpc) is 3.45. The van der Waals surface area contributed by atoms with Crippen molar-refractivity contribution in [3.05, 3.63) is 64.7 Å². The Labute approximate surface area is 219 Å². The molecule has 1 amide bonds. The van der Waals surface area contributed by atoms with Crippen LogP contribution in [0.2, 0.25) is 0 Å². The first-order valence-corrected chi connectivity index (χ1v) is 13.7. The second-order valence-corrected chi connectivity index (χ2v) is 10.6. The third kappa shape index (κ3) is 5.14. The van der Waals surface area contributed by atoms with Crippen LogP contribution in [0.15, 0.2) is 53.3 Å². The predicted octanol–water partition coefficient (Wildman–Crippen LogP) is 4.96. The minimum Gasteiger partial charge on any atom is -0.495 e. The third-order valence-corrected chi connectivity index (χ3v) is 8.27. The molecule has 1 aromatic heterocycles. The van der Waals surface area contributed by atoms with Crippen molar-refractivity contribution >= 4 is 16.8 Å². The van der Waals surface area contributed by atoms with E-state index in [4.69, 9.17) is 9.72 Å². The van der Waals surface area contributed by atoms with E-state index in [0.717, 1.165) is 25.4 Å². The summed E-state index contributed by atoms with van der Waals surface area (Å²) < 4.78 is 7.32. The summed E-state index contributed by atoms with van der Waals surface area (Å²) in [5.41, 5.74) is 1.27. The number of carbonyl (C=O) groups excluding carboxylic acids is 1. The maximum atomic E-state index is 13.8. The summed E-state index contributed by atoms with van der Waals surface area (Å²) >= 11 is 0. The summed E-state index contributed by atoms with van der Waals surface area (Å²) in [6.45, 7) is 6.42. The molecule has 1 saturated heterocycles. The molecule has 3 aromatic rings. The number of aromatic nitrogens is 2. The molecule has 1 aliphatic carbocycles. The number of methoxy groups -OCH3 is 1. The maximum Gasteiger partial charge on any atom is 0.266 e. The Balaban J connectivity index is 1.41. The lowest BCUT2D eigenvalue weighted by Crippen LogP contribution is -2.54. The predicted molar refractivity (Wildman–Crippen MR) is 146 cm³/mol. The van der Waals surface area contributed by atoms with E-state index in [1.807, 2.05) is 48.5 Å². The van der Waals surface area contributed by atoms with Crippen molar-refractivity contribution in [1.29, 1.82) is 0 Å². The molecular formula is C30H38N4O3. The Morgan fingerprint density at radius 1 is 1.08 bits per heavy atom. The number of para-hydroxylation sites is 3. The molecule has 7 heteroatoms. The van der Waals surface area contributed by atoms with Gasteiger partial charge in [0.05, 0.1) is 29.7 Å². The normalized spacial score (nSPS) is 19.9. The second kappa shape index (κ2) is 11.1. The molecule has 0 spiro atoms. The van der Waals surface area contributed by atoms with Gasteiger partial charge < -0.3 is 9.64 Å². The molecule has 2 atom stereocenters. The number of hydrogen-bond donors (Lipinski definition) is 0. The van der Waals surface area contributed by atoms with Gasteiger partial charge in [0.1, 0.15) is 11.6 Å². The van der Waals surface area contributed by atoms with Gasteiger partial charge in [0, 0.05) is 32.1 Å². The molecular weight excluding hydrogens is 464 g/mol. The number of benzene rings is 2. The van der Waals surface area contributed by atoms with Gasteiger partial charge in [0.2, 0.25) is 5.91 Å². The lowest BCUT2D eigenvalue weighted by atomic mass is 10.0. The maximum absolute atomic E-state index is 13.8. The summed E-state index contributed by atoms with van der Waals surface area (Å²) in [6, 6.07) is 15.0. The van der Waals surface area contributed by atoms with Crippen LogP contribution in [-0.4, -0.2) is 58.0 Å². The molecule has 37 heavy (non-hydrogen) atoms. The standard InChI is InChI=1S/C30H38N4O3/c1-21-20-32(18-19-33(21)28(35)17-16-23-10-4-5-11-23)22(2)29-31-25-13-7-6-12-24(25)30(36)34(29)26-14-8-9-15-27(26)37-3/h6-9,12-15,21-23H,4-5,10-11,16-20H2,1-3H3. The van der Waals surface area contributed by atoms with E-state index < -0.39 is 0 Å². The molecule has 2 unspecified atom stereocenters. The van der Waals surface area contributed by atoms with Crippen LogP contribution in [0.3, 0.4) is 0 Å². The van der Waals surface area contributed by atoms with Gasteiger partial charge in [-0.2, -0.15) is 0 Å². The van der Waals surface area contributed by atoms with Crippen LogP contribution in [0.4, 0.5) is 0 Å². The Kier molecular flexibility index (Phi) is 7.60. The molecule has 2 heterocycles. The summed E-state index contributed by atoms with van der Waals surface area (Å²) in [4.78, 5) is 36.2. The first-order valence-electron chi connectivity index (χ1n) is 13.7. The average molecular weight is 503 g/mol. The zero-order valence-corrected chi connectivity index (χ0v) is 22.2. The largest absolute Gasteiger partial charge is 0.495 e. The zero-order valence-electron chi connectivity index (χ0n) is 22.2. The van der Waals surface area contributed by atoms with E-state index in [2.05, 4.69) is 23.6 Å². The van der Waals surface area contributed by atoms with E-state index in [9.17, 15) is 9.59 Å². The first-order chi connectivity index (χ1) is 18.0. The van der Waals surface area contributed by atoms with Gasteiger partial charge in [-0.05, 0) is 50.5 Å². The molecule has 2 aliphatic rings. The Bertz CT molecular complexity index is 1310. The van der Waals surface area contributed by atoms with E-state index in [0.29, 0.717) is 41.1 Å². The summed E-state index contributed by atoms with van der Waals surface area (Å²) in [7, 11) is 1.62. The fourth-order valence-corrected chi connectivity index (χ4v) is 6.12. The Morgan fingerprint density at radius 3 is 2.57 bits per heavy atom. The molecule has 0 N–H and O–H groups in total. The molecule has 2 fully saturated rings. The minimum atomic E-state index is -0.125. The molecule has 0 radical (unpaired) electrons. The summed E-state index contributed by atoms with van der Waals surface area (Å²) in [5.74, 6) is 2.32. The number of ether oxygens (including phenoxy) is 1. The van der Waals surface area contributed by atoms with Crippen LogP contribution in [-0.2, 0) is 4.79 Å². The van der Waals surface area contributed by atoms with Gasteiger partial charge in [-0.3, -0.25) is 19.1 Å². The van der Waals surface area contributed by atoms with Gasteiger partial charge in [-0.1, -0.05) is 49.9 Å². The van der Waals surface area contributed by atoms with Gasteiger partial charge in [-0.15, -0.1) is 0 Å². The highest BCUT2D eigenvalue weighted by atomic mass is 16.5. The molecule has 1 saturated carbocycles. The summed E-state index contributed by atoms with van der Waals surface area (Å²) in [5, 5.41) is 0.579. The molecule has 1 aliphatic heterocycles. The van der Waals surface area contributed by atoms with Crippen molar-refractivity contribution < 1.29 is 9.53 Å². The van der Waals surface area contributed by atoms with Crippen molar-refractivity contribution in [1.82, 2.24) is 19.4 Å². The molecule has 5 rings (SSSR count). The topological polar surface area (TPSA) is 67.7 Å². The first kappa shape index (κ1) is 25.5. The van der Waals surface area contributed by atoms with Gasteiger partial charge in [0.15, 0.2) is 0 Å². The number of nitrogens with zero attached hydrogens (tertiary/aromatic N) is 4. The number of hydrogen-bond acceptors (Lipinski definition) is 5. The molecule has 0 bridgehead atoms. The fraction of sp³-hybridized carbons (Fsp3) is 0.500. The van der Waals surface area contributed by atoms with Crippen LogP contribution in [0.5, 0.6) is 5.75 Å². The van der Waals surface area contributed by atoms with Crippen molar-refractivity contribution in [3.8, 4) is 11.4 Å². The van der Waals surface area contributed by atoms with Crippen molar-refractivity contribution in [2.75, 3.05) is 26.7 Å². The van der Waals surface area contributed by atoms with Crippen molar-refractivity contribution in [2.45, 2.75) is 64.5 Å². The molecule has 7 nitrogen and oxygen atoms in total. The van der Waals surface area contributed by atoms with Gasteiger partial charge in [-0.25, -0.2) is 4.98 Å². The van der Waals surface area contributed by atoms with Crippen LogP contribution >= 0.6 is 0 Å². The minimum absolute atomic E-state index is 0.106. The number of rotatable bonds is 7. The zero-order chi connectivity index (χ0) is 25.9. The lowest BCUT2D eigenvalue weighted by Gasteiger charge is -2.42. The highest BCUT2D eigenvalue weighted by Crippen LogP contribution is 2.31. The van der Waals surface area contributed by atoms with E-state index in [1.54, 1.807) is 11.7 Å². The van der Waals surface area contributed by atoms with Crippen LogP contribution in [0.1, 0.15) is 64.2 Å². The number of piperazine rings is 1. The van der Waals surface area contributed by atoms with E-state index >= 15 is 0 Å². The van der Waals surface area contributed by atoms with Gasteiger partial charge >= 0.3 is 0 Å². The van der Waals surface area contributed by atoms with Crippen LogP contribution in [0, 0.1) is 5.92 Å². The lowest BCUT2D eigenvalue weighted by molar-refractivity contribution is -0.136. The number of carbonyl (C=O) groups is 1. The second-order valence-electron chi connectivity index (χ2n) is 10.6. The van der Waals surface area contributed by atoms with Crippen LogP contribution in [0.25, 0.3) is 16.6 Å². The smallest absolute Gasteiger partial charge is 0.266 e. The van der Waals surface area contributed by atoms with Gasteiger partial charge in [0.25, 0.3) is 5.56 Å². The summed E-state index contributed by atoms with van der Waals surface area (Å²) in [6.07, 6.45) is 6.86. The quantitative estimate of drug-likeness (QED) is 0.457. The van der Waals surface area contributed by atoms with Crippen LogP contribution < -0.4 is 10.3 Å². The molecule has 2 aromatic carbocycles. The Hall–Kier alpha value is -3.19. The highest BCUT2D eigenvalue weighted by Gasteiger charge is 2.32. The fourth-order valence-electron chi connectivity index (χ4n) is 6.12. The Morgan fingerprint density at radius 2 is 1.81 bits per heavy atom. The monoisotopic (exact) mass is 502 g/mol. The number of amides is 1. The van der Waals surface area contributed by atoms with Crippen molar-refractivity contribution in [3.63, 3.8) is 0 Å². The van der Waals surface area contributed by atoms with Crippen molar-refractivity contribution in [2.24, 2.45) is 5.92 Å². The highest BCUT2D eigenvalue weighted by molar-refractivity contribution is 5.78. The van der Waals surface area contributed by atoms with E-state index in [-0.39, 0.29) is 23.6 Å². The third-order valence-electron chi connectivity index (χ3n) is 8.27. The SMILES string of the molecule is COc1ccccc1-n1c(C(C)N2CCN(C(=O)CCC3CCCC3)C(C)C2)nc2ccccc2c1=O. The van der Waals surface area contributed by atoms with E-state index in [1.165, 1.54) is 25.7 Å². The molecule has 196 valence electrons.